The largest absolute Gasteiger partial charge is 0.393 e. The first-order valence-corrected chi connectivity index (χ1v) is 14.4. The number of carbonyl (C=O) groups excluding carboxylic acids is 1. The number of nitrogens with two attached hydrogens (primary N) is 1. The molecule has 0 spiro atoms. The van der Waals surface area contributed by atoms with Gasteiger partial charge in [-0.1, -0.05) is 44.2 Å². The predicted molar refractivity (Wildman–Crippen MR) is 141 cm³/mol. The number of hydrogen-bond donors (Lipinski definition) is 2. The molecule has 4 saturated carbocycles. The van der Waals surface area contributed by atoms with E-state index in [2.05, 4.69) is 26.0 Å². The molecule has 4 nitrogen and oxygen atoms in total. The van der Waals surface area contributed by atoms with E-state index in [-0.39, 0.29) is 17.4 Å². The number of benzene rings is 1. The summed E-state index contributed by atoms with van der Waals surface area (Å²) >= 11 is 0. The number of aliphatic hydroxyl groups excluding tert-OH is 1. The summed E-state index contributed by atoms with van der Waals surface area (Å²) < 4.78 is 0. The van der Waals surface area contributed by atoms with Crippen LogP contribution in [-0.4, -0.2) is 35.1 Å². The molecular weight excluding hydrogens is 432 g/mol. The van der Waals surface area contributed by atoms with E-state index in [4.69, 9.17) is 5.73 Å². The normalized spacial score (nSPS) is 42.6. The van der Waals surface area contributed by atoms with Crippen molar-refractivity contribution >= 4 is 5.91 Å². The second-order valence-corrected chi connectivity index (χ2v) is 13.2. The number of aliphatic hydroxyl groups is 1. The lowest BCUT2D eigenvalue weighted by Crippen LogP contribution is -2.58. The Kier molecular flexibility index (Phi) is 7.09. The molecule has 0 bridgehead atoms. The van der Waals surface area contributed by atoms with Crippen LogP contribution >= 0.6 is 0 Å². The molecule has 194 valence electrons. The summed E-state index contributed by atoms with van der Waals surface area (Å²) in [6.07, 6.45) is 12.1. The Morgan fingerprint density at radius 3 is 2.60 bits per heavy atom. The third-order valence-electron chi connectivity index (χ3n) is 11.6. The Balaban J connectivity index is 1.20. The third-order valence-corrected chi connectivity index (χ3v) is 11.6. The lowest BCUT2D eigenvalue weighted by Gasteiger charge is -2.62. The molecule has 4 heteroatoms. The standard InChI is InChI=1S/C31H48N2O2/c1-30-17-16-24(32)18-23(30)12-14-25-26-15-13-22(31(26,2)28(34)19-27(25)30)10-7-11-29(35)33(3)20-21-8-5-4-6-9-21/h4-6,8-9,22-28,34H,7,10-20,32H2,1-3H3/t22-,23?,24+,25?,26?,27?,28-,30-,31+/m0/s1. The van der Waals surface area contributed by atoms with Crippen molar-refractivity contribution < 1.29 is 9.90 Å². The molecular formula is C31H48N2O2. The molecule has 35 heavy (non-hydrogen) atoms. The molecule has 1 amide bonds. The molecule has 4 fully saturated rings. The van der Waals surface area contributed by atoms with Crippen LogP contribution in [0.25, 0.3) is 0 Å². The first-order chi connectivity index (χ1) is 16.7. The number of hydrogen-bond acceptors (Lipinski definition) is 3. The van der Waals surface area contributed by atoms with Crippen LogP contribution in [0, 0.1) is 40.4 Å². The maximum atomic E-state index is 12.8. The van der Waals surface area contributed by atoms with E-state index >= 15 is 0 Å². The van der Waals surface area contributed by atoms with E-state index in [1.165, 1.54) is 44.1 Å². The van der Waals surface area contributed by atoms with Gasteiger partial charge in [0.15, 0.2) is 0 Å². The van der Waals surface area contributed by atoms with E-state index < -0.39 is 0 Å². The van der Waals surface area contributed by atoms with Crippen molar-refractivity contribution in [3.8, 4) is 0 Å². The number of amides is 1. The van der Waals surface area contributed by atoms with Crippen molar-refractivity contribution in [3.05, 3.63) is 35.9 Å². The Labute approximate surface area is 213 Å². The third kappa shape index (κ3) is 4.48. The second kappa shape index (κ2) is 9.82. The highest BCUT2D eigenvalue weighted by Gasteiger charge is 2.62. The molecule has 0 radical (unpaired) electrons. The molecule has 0 aliphatic heterocycles. The number of rotatable bonds is 6. The minimum Gasteiger partial charge on any atom is -0.393 e. The summed E-state index contributed by atoms with van der Waals surface area (Å²) in [5, 5.41) is 11.7. The molecule has 4 aliphatic rings. The van der Waals surface area contributed by atoms with Gasteiger partial charge in [-0.15, -0.1) is 0 Å². The van der Waals surface area contributed by atoms with Crippen LogP contribution in [0.4, 0.5) is 0 Å². The zero-order valence-electron chi connectivity index (χ0n) is 22.3. The van der Waals surface area contributed by atoms with Crippen LogP contribution in [0.2, 0.25) is 0 Å². The van der Waals surface area contributed by atoms with Gasteiger partial charge in [-0.2, -0.15) is 0 Å². The first-order valence-electron chi connectivity index (χ1n) is 14.4. The van der Waals surface area contributed by atoms with Crippen LogP contribution in [0.3, 0.4) is 0 Å². The summed E-state index contributed by atoms with van der Waals surface area (Å²) in [5.74, 6) is 3.60. The van der Waals surface area contributed by atoms with Crippen molar-refractivity contribution in [2.24, 2.45) is 46.2 Å². The average Bonchev–Trinajstić information content (AvgIpc) is 3.18. The lowest BCUT2D eigenvalue weighted by atomic mass is 9.44. The van der Waals surface area contributed by atoms with Crippen LogP contribution in [-0.2, 0) is 11.3 Å². The van der Waals surface area contributed by atoms with Crippen LogP contribution in [0.5, 0.6) is 0 Å². The van der Waals surface area contributed by atoms with E-state index in [0.29, 0.717) is 42.2 Å². The van der Waals surface area contributed by atoms with Crippen molar-refractivity contribution in [3.63, 3.8) is 0 Å². The Morgan fingerprint density at radius 1 is 1.06 bits per heavy atom. The van der Waals surface area contributed by atoms with Crippen molar-refractivity contribution in [2.45, 2.75) is 103 Å². The fourth-order valence-corrected chi connectivity index (χ4v) is 9.48. The van der Waals surface area contributed by atoms with Crippen molar-refractivity contribution in [2.75, 3.05) is 7.05 Å². The van der Waals surface area contributed by atoms with Gasteiger partial charge in [0.2, 0.25) is 5.91 Å². The van der Waals surface area contributed by atoms with Crippen LogP contribution < -0.4 is 5.73 Å². The van der Waals surface area contributed by atoms with Crippen LogP contribution in [0.15, 0.2) is 30.3 Å². The maximum absolute atomic E-state index is 12.8. The summed E-state index contributed by atoms with van der Waals surface area (Å²) in [7, 11) is 1.92. The van der Waals surface area contributed by atoms with Crippen LogP contribution in [0.1, 0.15) is 90.0 Å². The fourth-order valence-electron chi connectivity index (χ4n) is 9.48. The van der Waals surface area contributed by atoms with Gasteiger partial charge >= 0.3 is 0 Å². The van der Waals surface area contributed by atoms with Gasteiger partial charge in [0, 0.05) is 26.1 Å². The van der Waals surface area contributed by atoms with Crippen molar-refractivity contribution in [1.82, 2.24) is 4.90 Å². The van der Waals surface area contributed by atoms with Gasteiger partial charge in [-0.05, 0) is 110 Å². The van der Waals surface area contributed by atoms with Gasteiger partial charge < -0.3 is 15.7 Å². The number of fused-ring (bicyclic) bond motifs is 5. The monoisotopic (exact) mass is 480 g/mol. The molecule has 4 unspecified atom stereocenters. The molecule has 1 aromatic carbocycles. The molecule has 1 aromatic rings. The molecule has 0 heterocycles. The summed E-state index contributed by atoms with van der Waals surface area (Å²) in [6.45, 7) is 5.62. The summed E-state index contributed by atoms with van der Waals surface area (Å²) in [6, 6.07) is 10.6. The topological polar surface area (TPSA) is 66.6 Å². The highest BCUT2D eigenvalue weighted by molar-refractivity contribution is 5.75. The zero-order valence-corrected chi connectivity index (χ0v) is 22.3. The quantitative estimate of drug-likeness (QED) is 0.543. The van der Waals surface area contributed by atoms with Crippen molar-refractivity contribution in [1.29, 1.82) is 0 Å². The molecule has 3 N–H and O–H groups in total. The van der Waals surface area contributed by atoms with E-state index in [9.17, 15) is 9.90 Å². The van der Waals surface area contributed by atoms with Gasteiger partial charge in [0.25, 0.3) is 0 Å². The molecule has 9 atom stereocenters. The Morgan fingerprint density at radius 2 is 1.83 bits per heavy atom. The maximum Gasteiger partial charge on any atom is 0.222 e. The summed E-state index contributed by atoms with van der Waals surface area (Å²) in [5.41, 5.74) is 7.94. The number of carbonyl (C=O) groups is 1. The number of nitrogens with zero attached hydrogens (tertiary/aromatic N) is 1. The molecule has 4 aliphatic carbocycles. The highest BCUT2D eigenvalue weighted by Crippen LogP contribution is 2.67. The molecule has 0 saturated heterocycles. The van der Waals surface area contributed by atoms with E-state index in [0.717, 1.165) is 37.5 Å². The van der Waals surface area contributed by atoms with E-state index in [1.807, 2.05) is 30.1 Å². The van der Waals surface area contributed by atoms with Gasteiger partial charge in [0.1, 0.15) is 0 Å². The second-order valence-electron chi connectivity index (χ2n) is 13.2. The zero-order chi connectivity index (χ0) is 24.8. The SMILES string of the molecule is CN(Cc1ccccc1)C(=O)CCC[C@H]1CCC2C3CCC4C[C@H](N)CC[C@]4(C)C3C[C@H](O)[C@@]21C. The fraction of sp³-hybridized carbons (Fsp3) is 0.774. The molecule has 0 aromatic heterocycles. The minimum atomic E-state index is -0.205. The Hall–Kier alpha value is -1.39. The summed E-state index contributed by atoms with van der Waals surface area (Å²) in [4.78, 5) is 14.7. The van der Waals surface area contributed by atoms with Gasteiger partial charge in [-0.3, -0.25) is 4.79 Å². The molecule has 5 rings (SSSR count). The minimum absolute atomic E-state index is 0.0222. The van der Waals surface area contributed by atoms with E-state index in [1.54, 1.807) is 0 Å². The first kappa shape index (κ1) is 25.3. The average molecular weight is 481 g/mol. The van der Waals surface area contributed by atoms with Gasteiger partial charge in [-0.25, -0.2) is 0 Å². The van der Waals surface area contributed by atoms with Gasteiger partial charge in [0.05, 0.1) is 6.10 Å². The predicted octanol–water partition coefficient (Wildman–Crippen LogP) is 5.77. The highest BCUT2D eigenvalue weighted by atomic mass is 16.3. The smallest absolute Gasteiger partial charge is 0.222 e. The lowest BCUT2D eigenvalue weighted by molar-refractivity contribution is -0.165. The Bertz CT molecular complexity index is 889.